The summed E-state index contributed by atoms with van der Waals surface area (Å²) in [5.74, 6) is 1.25. The summed E-state index contributed by atoms with van der Waals surface area (Å²) in [5.41, 5.74) is 0. The number of nitrogens with one attached hydrogen (secondary N) is 2. The highest BCUT2D eigenvalue weighted by atomic mass is 16.6. The summed E-state index contributed by atoms with van der Waals surface area (Å²) in [6, 6.07) is 0. The second-order valence-corrected chi connectivity index (χ2v) is 8.45. The average Bonchev–Trinajstić information content (AvgIpc) is 3.34. The second kappa shape index (κ2) is 14.4. The fraction of sp³-hybridized carbons (Fsp3) is 0.739. The Labute approximate surface area is 194 Å². The summed E-state index contributed by atoms with van der Waals surface area (Å²) in [6.07, 6.45) is 5.73. The van der Waals surface area contributed by atoms with E-state index in [1.54, 1.807) is 0 Å². The normalized spacial score (nSPS) is 22.8. The molecule has 2 fully saturated rings. The van der Waals surface area contributed by atoms with Crippen molar-refractivity contribution in [1.29, 1.82) is 0 Å². The van der Waals surface area contributed by atoms with Crippen LogP contribution in [0.1, 0.15) is 45.4 Å². The summed E-state index contributed by atoms with van der Waals surface area (Å²) < 4.78 is 19.7. The third-order valence-electron chi connectivity index (χ3n) is 6.30. The SMILES string of the molecule is C=CC(=O)OCCCCOC(=O)NCCC1C2CCC1C(CNC(=O)OCCOC(C)=O)C2. The van der Waals surface area contributed by atoms with E-state index in [0.717, 1.165) is 25.3 Å². The zero-order valence-electron chi connectivity index (χ0n) is 19.3. The number of hydrogen-bond donors (Lipinski definition) is 2. The molecule has 2 amide bonds. The van der Waals surface area contributed by atoms with Crippen LogP contribution in [-0.4, -0.2) is 63.6 Å². The molecule has 4 atom stereocenters. The molecule has 2 bridgehead atoms. The lowest BCUT2D eigenvalue weighted by molar-refractivity contribution is -0.142. The van der Waals surface area contributed by atoms with Crippen molar-refractivity contribution < 1.29 is 38.1 Å². The molecule has 0 aromatic carbocycles. The molecule has 10 nitrogen and oxygen atoms in total. The summed E-state index contributed by atoms with van der Waals surface area (Å²) >= 11 is 0. The molecule has 0 radical (unpaired) electrons. The van der Waals surface area contributed by atoms with Gasteiger partial charge >= 0.3 is 24.1 Å². The molecule has 2 aliphatic carbocycles. The first-order valence-electron chi connectivity index (χ1n) is 11.6. The molecule has 33 heavy (non-hydrogen) atoms. The third-order valence-corrected chi connectivity index (χ3v) is 6.30. The van der Waals surface area contributed by atoms with Gasteiger partial charge in [-0.3, -0.25) is 4.79 Å². The number of esters is 2. The van der Waals surface area contributed by atoms with Gasteiger partial charge in [0.2, 0.25) is 0 Å². The Bertz CT molecular complexity index is 683. The lowest BCUT2D eigenvalue weighted by atomic mass is 9.87. The lowest BCUT2D eigenvalue weighted by Crippen LogP contribution is -2.33. The number of fused-ring (bicyclic) bond motifs is 2. The molecular formula is C23H36N2O8. The van der Waals surface area contributed by atoms with Crippen LogP contribution in [0.15, 0.2) is 12.7 Å². The Morgan fingerprint density at radius 3 is 2.30 bits per heavy atom. The predicted octanol–water partition coefficient (Wildman–Crippen LogP) is 2.56. The van der Waals surface area contributed by atoms with Crippen LogP contribution in [0.3, 0.4) is 0 Å². The standard InChI is InChI=1S/C23H36N2O8/c1-3-21(27)31-10-4-5-11-32-22(28)24-9-8-20-17-6-7-19(20)18(14-17)15-25-23(29)33-13-12-30-16(2)26/h3,17-20H,1,4-15H2,2H3,(H,24,28)(H,25,29). The van der Waals surface area contributed by atoms with Crippen molar-refractivity contribution in [2.75, 3.05) is 39.5 Å². The Hall–Kier alpha value is -2.78. The zero-order valence-corrected chi connectivity index (χ0v) is 19.3. The molecule has 4 unspecified atom stereocenters. The zero-order chi connectivity index (χ0) is 24.1. The number of alkyl carbamates (subject to hydrolysis) is 2. The first-order valence-corrected chi connectivity index (χ1v) is 11.6. The second-order valence-electron chi connectivity index (χ2n) is 8.45. The van der Waals surface area contributed by atoms with Gasteiger partial charge in [-0.15, -0.1) is 0 Å². The number of rotatable bonds is 14. The average molecular weight is 469 g/mol. The van der Waals surface area contributed by atoms with Gasteiger partial charge in [0.25, 0.3) is 0 Å². The van der Waals surface area contributed by atoms with Gasteiger partial charge in [-0.05, 0) is 62.2 Å². The van der Waals surface area contributed by atoms with Crippen molar-refractivity contribution in [2.24, 2.45) is 23.7 Å². The number of carbonyl (C=O) groups excluding carboxylic acids is 4. The van der Waals surface area contributed by atoms with Crippen LogP contribution in [0.5, 0.6) is 0 Å². The minimum Gasteiger partial charge on any atom is -0.463 e. The molecule has 0 aromatic rings. The van der Waals surface area contributed by atoms with Crippen LogP contribution < -0.4 is 10.6 Å². The highest BCUT2D eigenvalue weighted by molar-refractivity contribution is 5.81. The number of amides is 2. The van der Waals surface area contributed by atoms with E-state index < -0.39 is 24.1 Å². The highest BCUT2D eigenvalue weighted by Crippen LogP contribution is 2.53. The molecule has 2 rings (SSSR count). The lowest BCUT2D eigenvalue weighted by Gasteiger charge is -2.22. The number of carbonyl (C=O) groups is 4. The number of unbranched alkanes of at least 4 members (excludes halogenated alkanes) is 1. The van der Waals surface area contributed by atoms with Crippen molar-refractivity contribution in [1.82, 2.24) is 10.6 Å². The van der Waals surface area contributed by atoms with E-state index in [9.17, 15) is 19.2 Å². The molecule has 0 spiro atoms. The van der Waals surface area contributed by atoms with Crippen LogP contribution in [0.25, 0.3) is 0 Å². The topological polar surface area (TPSA) is 129 Å². The van der Waals surface area contributed by atoms with Gasteiger partial charge in [-0.2, -0.15) is 0 Å². The number of hydrogen-bond acceptors (Lipinski definition) is 8. The fourth-order valence-corrected chi connectivity index (χ4v) is 4.89. The van der Waals surface area contributed by atoms with Crippen molar-refractivity contribution in [3.8, 4) is 0 Å². The largest absolute Gasteiger partial charge is 0.463 e. The van der Waals surface area contributed by atoms with Crippen molar-refractivity contribution in [3.63, 3.8) is 0 Å². The van der Waals surface area contributed by atoms with Crippen LogP contribution in [-0.2, 0) is 28.5 Å². The molecule has 186 valence electrons. The smallest absolute Gasteiger partial charge is 0.407 e. The van der Waals surface area contributed by atoms with Crippen molar-refractivity contribution in [3.05, 3.63) is 12.7 Å². The van der Waals surface area contributed by atoms with E-state index in [1.165, 1.54) is 13.3 Å². The maximum Gasteiger partial charge on any atom is 0.407 e. The van der Waals surface area contributed by atoms with Gasteiger partial charge in [-0.25, -0.2) is 14.4 Å². The van der Waals surface area contributed by atoms with E-state index in [0.29, 0.717) is 49.6 Å². The maximum absolute atomic E-state index is 11.8. The molecular weight excluding hydrogens is 432 g/mol. The minimum atomic E-state index is -0.496. The van der Waals surface area contributed by atoms with E-state index in [2.05, 4.69) is 17.2 Å². The van der Waals surface area contributed by atoms with Gasteiger partial charge in [0, 0.05) is 26.1 Å². The summed E-state index contributed by atoms with van der Waals surface area (Å²) in [4.78, 5) is 45.3. The molecule has 2 aliphatic rings. The van der Waals surface area contributed by atoms with Gasteiger partial charge in [0.15, 0.2) is 0 Å². The first-order chi connectivity index (χ1) is 15.9. The molecule has 0 saturated heterocycles. The summed E-state index contributed by atoms with van der Waals surface area (Å²) in [7, 11) is 0. The number of ether oxygens (including phenoxy) is 4. The Morgan fingerprint density at radius 2 is 1.58 bits per heavy atom. The van der Waals surface area contributed by atoms with Gasteiger partial charge in [0.1, 0.15) is 13.2 Å². The summed E-state index contributed by atoms with van der Waals surface area (Å²) in [6.45, 7) is 6.40. The molecule has 2 N–H and O–H groups in total. The fourth-order valence-electron chi connectivity index (χ4n) is 4.89. The predicted molar refractivity (Wildman–Crippen MR) is 118 cm³/mol. The molecule has 10 heteroatoms. The van der Waals surface area contributed by atoms with Gasteiger partial charge in [-0.1, -0.05) is 6.58 Å². The molecule has 2 saturated carbocycles. The van der Waals surface area contributed by atoms with Crippen molar-refractivity contribution >= 4 is 24.1 Å². The highest BCUT2D eigenvalue weighted by Gasteiger charge is 2.47. The Balaban J connectivity index is 1.54. The maximum atomic E-state index is 11.8. The van der Waals surface area contributed by atoms with Crippen LogP contribution in [0.2, 0.25) is 0 Å². The summed E-state index contributed by atoms with van der Waals surface area (Å²) in [5, 5.41) is 5.63. The van der Waals surface area contributed by atoms with Crippen LogP contribution in [0.4, 0.5) is 9.59 Å². The molecule has 0 heterocycles. The van der Waals surface area contributed by atoms with Gasteiger partial charge in [0.05, 0.1) is 13.2 Å². The Kier molecular flexibility index (Phi) is 11.5. The Morgan fingerprint density at radius 1 is 0.909 bits per heavy atom. The van der Waals surface area contributed by atoms with E-state index >= 15 is 0 Å². The van der Waals surface area contributed by atoms with E-state index in [-0.39, 0.29) is 26.4 Å². The quantitative estimate of drug-likeness (QED) is 0.172. The minimum absolute atomic E-state index is 0.0370. The van der Waals surface area contributed by atoms with E-state index in [1.807, 2.05) is 0 Å². The van der Waals surface area contributed by atoms with E-state index in [4.69, 9.17) is 18.9 Å². The van der Waals surface area contributed by atoms with Crippen LogP contribution in [0, 0.1) is 23.7 Å². The first kappa shape index (κ1) is 26.5. The third kappa shape index (κ3) is 9.71. The molecule has 0 aliphatic heterocycles. The molecule has 0 aromatic heterocycles. The van der Waals surface area contributed by atoms with Gasteiger partial charge < -0.3 is 29.6 Å². The van der Waals surface area contributed by atoms with Crippen molar-refractivity contribution in [2.45, 2.75) is 45.4 Å². The van der Waals surface area contributed by atoms with Crippen LogP contribution >= 0.6 is 0 Å². The monoisotopic (exact) mass is 468 g/mol.